The normalized spacial score (nSPS) is 20.7. The highest BCUT2D eigenvalue weighted by molar-refractivity contribution is 7.85. The Balaban J connectivity index is 1.69. The lowest BCUT2D eigenvalue weighted by Gasteiger charge is -2.35. The van der Waals surface area contributed by atoms with Crippen LogP contribution >= 0.6 is 0 Å². The van der Waals surface area contributed by atoms with Crippen LogP contribution in [0.15, 0.2) is 18.2 Å². The van der Waals surface area contributed by atoms with Crippen molar-refractivity contribution in [1.82, 2.24) is 4.90 Å². The molecule has 1 aromatic carbocycles. The molecule has 0 aromatic heterocycles. The summed E-state index contributed by atoms with van der Waals surface area (Å²) in [5.74, 6) is -0.618. The smallest absolute Gasteiger partial charge is 0.414 e. The second kappa shape index (κ2) is 7.92. The van der Waals surface area contributed by atoms with Crippen molar-refractivity contribution < 1.29 is 31.3 Å². The Morgan fingerprint density at radius 2 is 2.04 bits per heavy atom. The number of halogens is 1. The molecule has 2 aliphatic heterocycles. The van der Waals surface area contributed by atoms with Crippen LogP contribution in [-0.2, 0) is 23.8 Å². The Kier molecular flexibility index (Phi) is 5.75. The van der Waals surface area contributed by atoms with E-state index in [9.17, 15) is 22.4 Å². The number of carbonyl (C=O) groups is 2. The van der Waals surface area contributed by atoms with Crippen LogP contribution in [0, 0.1) is 5.82 Å². The number of hydrogen-bond donors (Lipinski definition) is 0. The molecular formula is C17H22FN3O6S. The van der Waals surface area contributed by atoms with Gasteiger partial charge in [0.05, 0.1) is 30.7 Å². The van der Waals surface area contributed by atoms with Gasteiger partial charge in [0.1, 0.15) is 18.5 Å². The van der Waals surface area contributed by atoms with Gasteiger partial charge in [-0.15, -0.1) is 0 Å². The van der Waals surface area contributed by atoms with Crippen molar-refractivity contribution in [3.63, 3.8) is 0 Å². The average molecular weight is 415 g/mol. The number of ether oxygens (including phenoxy) is 1. The minimum Gasteiger partial charge on any atom is -0.441 e. The van der Waals surface area contributed by atoms with Crippen LogP contribution in [0.25, 0.3) is 0 Å². The van der Waals surface area contributed by atoms with E-state index >= 15 is 0 Å². The fourth-order valence-electron chi connectivity index (χ4n) is 3.19. The van der Waals surface area contributed by atoms with Crippen LogP contribution in [0.4, 0.5) is 20.6 Å². The maximum absolute atomic E-state index is 14.7. The van der Waals surface area contributed by atoms with E-state index in [1.807, 2.05) is 6.92 Å². The van der Waals surface area contributed by atoms with Crippen molar-refractivity contribution >= 4 is 33.5 Å². The fourth-order valence-corrected chi connectivity index (χ4v) is 3.59. The van der Waals surface area contributed by atoms with Crippen molar-refractivity contribution in [2.45, 2.75) is 13.0 Å². The van der Waals surface area contributed by atoms with E-state index in [-0.39, 0.29) is 37.0 Å². The van der Waals surface area contributed by atoms with Crippen LogP contribution in [0.3, 0.4) is 0 Å². The molecule has 0 saturated carbocycles. The predicted octanol–water partition coefficient (Wildman–Crippen LogP) is 0.796. The number of piperazine rings is 1. The molecule has 1 aromatic rings. The molecular weight excluding hydrogens is 393 g/mol. The number of nitrogens with zero attached hydrogens (tertiary/aromatic N) is 3. The molecule has 1 atom stereocenters. The van der Waals surface area contributed by atoms with Crippen LogP contribution in [-0.4, -0.2) is 77.0 Å². The molecule has 1 unspecified atom stereocenters. The summed E-state index contributed by atoms with van der Waals surface area (Å²) in [5.41, 5.74) is 0.573. The lowest BCUT2D eigenvalue weighted by atomic mass is 10.2. The van der Waals surface area contributed by atoms with E-state index < -0.39 is 28.1 Å². The van der Waals surface area contributed by atoms with Crippen LogP contribution < -0.4 is 9.80 Å². The molecule has 28 heavy (non-hydrogen) atoms. The Bertz CT molecular complexity index is 878. The lowest BCUT2D eigenvalue weighted by molar-refractivity contribution is -0.130. The summed E-state index contributed by atoms with van der Waals surface area (Å²) >= 11 is 0. The zero-order chi connectivity index (χ0) is 20.5. The maximum atomic E-state index is 14.7. The minimum absolute atomic E-state index is 0.0425. The van der Waals surface area contributed by atoms with Gasteiger partial charge in [-0.05, 0) is 25.1 Å². The molecule has 3 rings (SSSR count). The molecule has 11 heteroatoms. The number of amides is 2. The summed E-state index contributed by atoms with van der Waals surface area (Å²) in [6.07, 6.45) is -0.577. The van der Waals surface area contributed by atoms with Gasteiger partial charge in [0.2, 0.25) is 5.91 Å². The molecule has 0 spiro atoms. The molecule has 2 aliphatic rings. The Morgan fingerprint density at radius 3 is 2.64 bits per heavy atom. The number of likely N-dealkylation sites (N-methyl/N-ethyl adjacent to an activating group) is 1. The first kappa shape index (κ1) is 20.3. The summed E-state index contributed by atoms with van der Waals surface area (Å²) < 4.78 is 46.5. The van der Waals surface area contributed by atoms with Crippen molar-refractivity contribution in [3.05, 3.63) is 24.0 Å². The largest absolute Gasteiger partial charge is 0.441 e. The average Bonchev–Trinajstić information content (AvgIpc) is 3.00. The van der Waals surface area contributed by atoms with Gasteiger partial charge in [-0.3, -0.25) is 13.9 Å². The van der Waals surface area contributed by atoms with Gasteiger partial charge in [0, 0.05) is 19.6 Å². The Labute approximate surface area is 162 Å². The standard InChI is InChI=1S/C17H22FN3O6S/c1-3-19-6-7-20(10-16(19)22)15-5-4-12(8-14(15)18)21-9-13(27-17(21)23)11-26-28(2,24)25/h4-5,8,13H,3,6-7,9-11H2,1-2H3. The van der Waals surface area contributed by atoms with Crippen molar-refractivity contribution in [3.8, 4) is 0 Å². The maximum Gasteiger partial charge on any atom is 0.414 e. The first-order valence-electron chi connectivity index (χ1n) is 8.82. The third kappa shape index (κ3) is 4.53. The molecule has 0 aliphatic carbocycles. The second-order valence-corrected chi connectivity index (χ2v) is 8.28. The van der Waals surface area contributed by atoms with E-state index in [2.05, 4.69) is 4.18 Å². The SMILES string of the molecule is CCN1CCN(c2ccc(N3CC(COS(C)(=O)=O)OC3=O)cc2F)CC1=O. The summed E-state index contributed by atoms with van der Waals surface area (Å²) in [7, 11) is -3.65. The quantitative estimate of drug-likeness (QED) is 0.634. The predicted molar refractivity (Wildman–Crippen MR) is 99.3 cm³/mol. The fraction of sp³-hybridized carbons (Fsp3) is 0.529. The number of cyclic esters (lactones) is 1. The minimum atomic E-state index is -3.65. The number of benzene rings is 1. The Morgan fingerprint density at radius 1 is 1.29 bits per heavy atom. The molecule has 0 bridgehead atoms. The number of carbonyl (C=O) groups excluding carboxylic acids is 2. The number of hydrogen-bond acceptors (Lipinski definition) is 7. The van der Waals surface area contributed by atoms with Crippen molar-refractivity contribution in [1.29, 1.82) is 0 Å². The van der Waals surface area contributed by atoms with Gasteiger partial charge in [-0.25, -0.2) is 9.18 Å². The van der Waals surface area contributed by atoms with Gasteiger partial charge < -0.3 is 14.5 Å². The third-order valence-electron chi connectivity index (χ3n) is 4.63. The van der Waals surface area contributed by atoms with Crippen LogP contribution in [0.1, 0.15) is 6.92 Å². The van der Waals surface area contributed by atoms with Gasteiger partial charge in [0.15, 0.2) is 0 Å². The number of anilines is 2. The van der Waals surface area contributed by atoms with Gasteiger partial charge >= 0.3 is 6.09 Å². The molecule has 2 heterocycles. The lowest BCUT2D eigenvalue weighted by Crippen LogP contribution is -2.50. The van der Waals surface area contributed by atoms with E-state index in [1.165, 1.54) is 17.0 Å². The first-order chi connectivity index (χ1) is 13.2. The molecule has 0 radical (unpaired) electrons. The first-order valence-corrected chi connectivity index (χ1v) is 10.6. The van der Waals surface area contributed by atoms with E-state index in [0.29, 0.717) is 19.6 Å². The van der Waals surface area contributed by atoms with Gasteiger partial charge in [-0.1, -0.05) is 0 Å². The van der Waals surface area contributed by atoms with Gasteiger partial charge in [0.25, 0.3) is 10.1 Å². The Hall–Kier alpha value is -2.40. The molecule has 2 fully saturated rings. The summed E-state index contributed by atoms with van der Waals surface area (Å²) in [6, 6.07) is 4.29. The molecule has 154 valence electrons. The van der Waals surface area contributed by atoms with Crippen LogP contribution in [0.2, 0.25) is 0 Å². The topological polar surface area (TPSA) is 96.5 Å². The van der Waals surface area contributed by atoms with Crippen LogP contribution in [0.5, 0.6) is 0 Å². The summed E-state index contributed by atoms with van der Waals surface area (Å²) in [6.45, 7) is 3.40. The second-order valence-electron chi connectivity index (χ2n) is 6.64. The van der Waals surface area contributed by atoms with E-state index in [0.717, 1.165) is 6.26 Å². The molecule has 2 amide bonds. The molecule has 2 saturated heterocycles. The zero-order valence-electron chi connectivity index (χ0n) is 15.6. The highest BCUT2D eigenvalue weighted by Gasteiger charge is 2.34. The summed E-state index contributed by atoms with van der Waals surface area (Å²) in [4.78, 5) is 28.7. The van der Waals surface area contributed by atoms with Crippen molar-refractivity contribution in [2.75, 3.05) is 55.4 Å². The highest BCUT2D eigenvalue weighted by atomic mass is 32.2. The summed E-state index contributed by atoms with van der Waals surface area (Å²) in [5, 5.41) is 0. The van der Waals surface area contributed by atoms with Crippen molar-refractivity contribution in [2.24, 2.45) is 0 Å². The zero-order valence-corrected chi connectivity index (χ0v) is 16.4. The number of rotatable bonds is 6. The van der Waals surface area contributed by atoms with Gasteiger partial charge in [-0.2, -0.15) is 8.42 Å². The third-order valence-corrected chi connectivity index (χ3v) is 5.19. The van der Waals surface area contributed by atoms with E-state index in [4.69, 9.17) is 4.74 Å². The highest BCUT2D eigenvalue weighted by Crippen LogP contribution is 2.28. The monoisotopic (exact) mass is 415 g/mol. The van der Waals surface area contributed by atoms with E-state index in [1.54, 1.807) is 15.9 Å². The molecule has 0 N–H and O–H groups in total. The molecule has 9 nitrogen and oxygen atoms in total.